The Balaban J connectivity index is 1.14. The van der Waals surface area contributed by atoms with Crippen LogP contribution in [-0.2, 0) is 6.18 Å². The van der Waals surface area contributed by atoms with Crippen molar-refractivity contribution in [3.05, 3.63) is 197 Å². The van der Waals surface area contributed by atoms with Crippen molar-refractivity contribution in [1.82, 2.24) is 68.9 Å². The van der Waals surface area contributed by atoms with E-state index in [1.54, 1.807) is 31.2 Å². The van der Waals surface area contributed by atoms with Crippen LogP contribution in [0.1, 0.15) is 57.7 Å². The highest BCUT2D eigenvalue weighted by Gasteiger charge is 2.35. The topological polar surface area (TPSA) is 169 Å². The van der Waals surface area contributed by atoms with E-state index in [2.05, 4.69) is 46.0 Å². The summed E-state index contributed by atoms with van der Waals surface area (Å²) in [6.45, 7) is 25.3. The molecule has 0 N–H and O–H groups in total. The quantitative estimate of drug-likeness (QED) is 0.132. The first-order valence-corrected chi connectivity index (χ1v) is 26.7. The Morgan fingerprint density at radius 2 is 0.711 bits per heavy atom. The summed E-state index contributed by atoms with van der Waals surface area (Å²) >= 11 is 0. The van der Waals surface area contributed by atoms with Crippen LogP contribution in [0.15, 0.2) is 127 Å². The van der Waals surface area contributed by atoms with E-state index < -0.39 is 11.7 Å². The van der Waals surface area contributed by atoms with Crippen LogP contribution >= 0.6 is 0 Å². The lowest BCUT2D eigenvalue weighted by Gasteiger charge is -2.22. The molecule has 0 saturated carbocycles. The Morgan fingerprint density at radius 3 is 1.07 bits per heavy atom. The second-order valence-electron chi connectivity index (χ2n) is 20.6. The predicted molar refractivity (Wildman–Crippen MR) is 315 cm³/mol. The van der Waals surface area contributed by atoms with Gasteiger partial charge in [-0.2, -0.15) is 13.2 Å². The third-order valence-electron chi connectivity index (χ3n) is 14.8. The zero-order chi connectivity index (χ0) is 57.7. The van der Waals surface area contributed by atoms with Crippen LogP contribution < -0.4 is 0 Å². The van der Waals surface area contributed by atoms with Gasteiger partial charge in [-0.05, 0) is 182 Å². The lowest BCUT2D eigenvalue weighted by atomic mass is 9.90. The molecule has 6 aromatic heterocycles. The average Bonchev–Trinajstić information content (AvgIpc) is 4.14. The molecule has 0 atom stereocenters. The van der Waals surface area contributed by atoms with Crippen LogP contribution in [0.5, 0.6) is 0 Å². The van der Waals surface area contributed by atoms with Crippen molar-refractivity contribution in [2.45, 2.75) is 68.5 Å². The van der Waals surface area contributed by atoms with E-state index in [0.717, 1.165) is 71.9 Å². The Labute approximate surface area is 473 Å². The highest BCUT2D eigenvalue weighted by Crippen LogP contribution is 2.48. The number of aryl methyl sites for hydroxylation is 9. The zero-order valence-corrected chi connectivity index (χ0v) is 46.5. The Kier molecular flexibility index (Phi) is 12.3. The number of aromatic nitrogens is 14. The van der Waals surface area contributed by atoms with Gasteiger partial charge < -0.3 is 9.13 Å². The minimum Gasteiger partial charge on any atom is -0.310 e. The number of fused-ring (bicyclic) bond motifs is 6. The SMILES string of the molecule is [C-]#[N+]c1cccc(-n2c3ccc(-c4nc(C)nc(C)n4)cc3c3cc(-c4nc(C)nc(C)n4)ccc32)c1-c1cc(-c2c(C)cccc2C(F)(F)F)ccc1-n1c2ccc(-c3nc(C)nc(C)n3)cc2c2cc(-c3nc(C)nc(C)n3)ccc21. The van der Waals surface area contributed by atoms with Crippen LogP contribution in [0.3, 0.4) is 0 Å². The van der Waals surface area contributed by atoms with Gasteiger partial charge in [-0.1, -0.05) is 30.3 Å². The third-order valence-corrected chi connectivity index (χ3v) is 14.8. The van der Waals surface area contributed by atoms with E-state index >= 15 is 13.2 Å². The number of hydrogen-bond acceptors (Lipinski definition) is 12. The second kappa shape index (κ2) is 19.6. The standard InChI is InChI=1S/C65H48F3N15/c1-32-13-11-14-51(65(66,67)68)59(32)41-17-22-57(82-53-23-18-42(61-74-33(2)70-34(3)75-61)28-46(53)47-29-43(19-24-54(47)82)62-76-35(4)71-36(5)77-62)50(27-41)60-52(69-10)15-12-16-58(60)83-55-25-20-44(63-78-37(6)72-38(7)79-63)30-48(55)49-31-45(21-26-56(49)83)64-80-39(8)73-40(9)81-64/h11-31H,1-9H3. The first kappa shape index (κ1) is 51.9. The van der Waals surface area contributed by atoms with Crippen LogP contribution in [-0.4, -0.2) is 68.9 Å². The third kappa shape index (κ3) is 9.12. The molecule has 0 aliphatic carbocycles. The van der Waals surface area contributed by atoms with Crippen molar-refractivity contribution >= 4 is 49.3 Å². The molecular weight excluding hydrogens is 1050 g/mol. The fourth-order valence-electron chi connectivity index (χ4n) is 11.6. The molecule has 6 heterocycles. The van der Waals surface area contributed by atoms with Gasteiger partial charge in [-0.3, -0.25) is 0 Å². The van der Waals surface area contributed by atoms with Gasteiger partial charge in [-0.25, -0.2) is 64.7 Å². The van der Waals surface area contributed by atoms with E-state index in [4.69, 9.17) is 46.4 Å². The monoisotopic (exact) mass is 1100 g/mol. The summed E-state index contributed by atoms with van der Waals surface area (Å²) in [6, 6.07) is 39.2. The van der Waals surface area contributed by atoms with Gasteiger partial charge in [0.25, 0.3) is 0 Å². The summed E-state index contributed by atoms with van der Waals surface area (Å²) in [7, 11) is 0. The maximum atomic E-state index is 15.3. The summed E-state index contributed by atoms with van der Waals surface area (Å²) < 4.78 is 50.2. The first-order valence-electron chi connectivity index (χ1n) is 26.7. The van der Waals surface area contributed by atoms with E-state index in [-0.39, 0.29) is 11.3 Å². The summed E-state index contributed by atoms with van der Waals surface area (Å²) in [5.74, 6) is 6.62. The molecule has 0 unspecified atom stereocenters. The normalized spacial score (nSPS) is 11.8. The molecule has 0 fully saturated rings. The fourth-order valence-corrected chi connectivity index (χ4v) is 11.6. The van der Waals surface area contributed by atoms with Crippen LogP contribution in [0.25, 0.3) is 128 Å². The second-order valence-corrected chi connectivity index (χ2v) is 20.6. The van der Waals surface area contributed by atoms with Gasteiger partial charge in [0.2, 0.25) is 0 Å². The highest BCUT2D eigenvalue weighted by atomic mass is 19.4. The van der Waals surface area contributed by atoms with E-state index in [0.29, 0.717) is 104 Å². The van der Waals surface area contributed by atoms with Crippen molar-refractivity contribution in [3.8, 4) is 79.2 Å². The van der Waals surface area contributed by atoms with Gasteiger partial charge in [-0.15, -0.1) is 0 Å². The van der Waals surface area contributed by atoms with Crippen LogP contribution in [0.2, 0.25) is 0 Å². The van der Waals surface area contributed by atoms with Crippen molar-refractivity contribution in [3.63, 3.8) is 0 Å². The lowest BCUT2D eigenvalue weighted by molar-refractivity contribution is -0.137. The molecule has 404 valence electrons. The largest absolute Gasteiger partial charge is 0.417 e. The fraction of sp³-hybridized carbons (Fsp3) is 0.154. The maximum absolute atomic E-state index is 15.3. The highest BCUT2D eigenvalue weighted by molar-refractivity contribution is 6.14. The lowest BCUT2D eigenvalue weighted by Crippen LogP contribution is -2.08. The number of benzene rings is 7. The molecule has 0 amide bonds. The van der Waals surface area contributed by atoms with Gasteiger partial charge in [0.05, 0.1) is 39.9 Å². The molecular formula is C65H48F3N15. The Hall–Kier alpha value is -10.5. The van der Waals surface area contributed by atoms with E-state index in [9.17, 15) is 0 Å². The van der Waals surface area contributed by atoms with Crippen molar-refractivity contribution in [2.75, 3.05) is 0 Å². The minimum atomic E-state index is -4.69. The molecule has 13 rings (SSSR count). The summed E-state index contributed by atoms with van der Waals surface area (Å²) in [5.41, 5.74) is 8.52. The number of rotatable bonds is 8. The first-order chi connectivity index (χ1) is 39.9. The number of alkyl halides is 3. The molecule has 0 bridgehead atoms. The van der Waals surface area contributed by atoms with E-state index in [1.165, 1.54) is 6.07 Å². The molecule has 0 radical (unpaired) electrons. The molecule has 15 nitrogen and oxygen atoms in total. The molecule has 18 heteroatoms. The number of hydrogen-bond donors (Lipinski definition) is 0. The van der Waals surface area contributed by atoms with Crippen molar-refractivity contribution in [1.29, 1.82) is 0 Å². The van der Waals surface area contributed by atoms with Gasteiger partial charge >= 0.3 is 6.18 Å². The zero-order valence-electron chi connectivity index (χ0n) is 46.5. The molecule has 7 aromatic carbocycles. The van der Waals surface area contributed by atoms with E-state index in [1.807, 2.05) is 134 Å². The molecule has 0 aliphatic heterocycles. The van der Waals surface area contributed by atoms with Crippen LogP contribution in [0, 0.1) is 68.9 Å². The average molecular weight is 1100 g/mol. The summed E-state index contributed by atoms with van der Waals surface area (Å²) in [6.07, 6.45) is -4.69. The van der Waals surface area contributed by atoms with Gasteiger partial charge in [0, 0.05) is 55.0 Å². The Morgan fingerprint density at radius 1 is 0.361 bits per heavy atom. The van der Waals surface area contributed by atoms with Crippen molar-refractivity contribution in [2.24, 2.45) is 0 Å². The number of halogens is 3. The van der Waals surface area contributed by atoms with Gasteiger partial charge in [0.15, 0.2) is 29.0 Å². The molecule has 0 spiro atoms. The van der Waals surface area contributed by atoms with Crippen LogP contribution in [0.4, 0.5) is 18.9 Å². The minimum absolute atomic E-state index is 0.0292. The summed E-state index contributed by atoms with van der Waals surface area (Å²) in [5, 5.41) is 3.32. The number of nitrogens with zero attached hydrogens (tertiary/aromatic N) is 15. The summed E-state index contributed by atoms with van der Waals surface area (Å²) in [4.78, 5) is 59.8. The molecule has 83 heavy (non-hydrogen) atoms. The Bertz CT molecular complexity index is 4640. The predicted octanol–water partition coefficient (Wildman–Crippen LogP) is 15.0. The molecule has 0 saturated heterocycles. The maximum Gasteiger partial charge on any atom is 0.417 e. The van der Waals surface area contributed by atoms with Gasteiger partial charge in [0.1, 0.15) is 46.6 Å². The molecule has 0 aliphatic rings. The smallest absolute Gasteiger partial charge is 0.310 e. The van der Waals surface area contributed by atoms with Crippen molar-refractivity contribution < 1.29 is 13.2 Å². The molecule has 13 aromatic rings.